The first-order valence-corrected chi connectivity index (χ1v) is 13.8. The highest BCUT2D eigenvalue weighted by atomic mass is 19.4. The third-order valence-electron chi connectivity index (χ3n) is 6.78. The van der Waals surface area contributed by atoms with Crippen LogP contribution in [0.4, 0.5) is 45.6 Å². The summed E-state index contributed by atoms with van der Waals surface area (Å²) < 4.78 is 132. The Balaban J connectivity index is 1.94. The molecule has 1 N–H and O–H groups in total. The number of fused-ring (bicyclic) bond motifs is 5. The van der Waals surface area contributed by atoms with Gasteiger partial charge in [-0.15, -0.1) is 10.2 Å². The minimum Gasteiger partial charge on any atom is -0.444 e. The summed E-state index contributed by atoms with van der Waals surface area (Å²) in [7, 11) is 0. The van der Waals surface area contributed by atoms with Crippen LogP contribution in [0.3, 0.4) is 0 Å². The standard InChI is InChI=1S/C29H28F8N4O5/c1-25(2,3)46-24(43)38-18-14-17(28(32,33)34)20-19(42)10-13-26(30,31)11-7-12-27(29(35,36)37,44-15-16-8-5-4-6-9-16)23-41-40-22(45-23)21(18)39-20/h4-6,8-9,14H,7,10-13,15H2,1-3H3,(H,38,43). The molecule has 17 heteroatoms. The zero-order valence-corrected chi connectivity index (χ0v) is 24.6. The van der Waals surface area contributed by atoms with Gasteiger partial charge in [-0.2, -0.15) is 26.3 Å². The molecule has 0 spiro atoms. The number of anilines is 1. The van der Waals surface area contributed by atoms with E-state index in [-0.39, 0.29) is 11.6 Å². The second-order valence-electron chi connectivity index (χ2n) is 11.5. The third kappa shape index (κ3) is 7.97. The van der Waals surface area contributed by atoms with Gasteiger partial charge in [-0.25, -0.2) is 18.6 Å². The largest absolute Gasteiger partial charge is 0.444 e. The Kier molecular flexibility index (Phi) is 9.48. The summed E-state index contributed by atoms with van der Waals surface area (Å²) in [6.07, 6.45) is -17.4. The predicted octanol–water partition coefficient (Wildman–Crippen LogP) is 8.25. The molecule has 0 saturated carbocycles. The Morgan fingerprint density at radius 3 is 2.26 bits per heavy atom. The van der Waals surface area contributed by atoms with E-state index >= 15 is 0 Å². The number of nitrogens with zero attached hydrogens (tertiary/aromatic N) is 3. The van der Waals surface area contributed by atoms with E-state index in [9.17, 15) is 44.7 Å². The molecule has 4 rings (SSSR count). The van der Waals surface area contributed by atoms with Crippen molar-refractivity contribution in [1.29, 1.82) is 0 Å². The fourth-order valence-corrected chi connectivity index (χ4v) is 4.60. The normalized spacial score (nSPS) is 19.3. The molecule has 2 aromatic heterocycles. The summed E-state index contributed by atoms with van der Waals surface area (Å²) >= 11 is 0. The van der Waals surface area contributed by atoms with Crippen LogP contribution in [0.15, 0.2) is 40.8 Å². The van der Waals surface area contributed by atoms with E-state index in [1.807, 2.05) is 5.32 Å². The van der Waals surface area contributed by atoms with Gasteiger partial charge in [0.05, 0.1) is 17.9 Å². The van der Waals surface area contributed by atoms with E-state index in [1.54, 1.807) is 6.07 Å². The van der Waals surface area contributed by atoms with E-state index < -0.39 is 114 Å². The van der Waals surface area contributed by atoms with Crippen LogP contribution in [-0.2, 0) is 27.9 Å². The molecular weight excluding hydrogens is 636 g/mol. The summed E-state index contributed by atoms with van der Waals surface area (Å²) in [5.41, 5.74) is -9.02. The van der Waals surface area contributed by atoms with Gasteiger partial charge in [0.1, 0.15) is 11.3 Å². The molecule has 0 saturated heterocycles. The smallest absolute Gasteiger partial charge is 0.426 e. The fraction of sp³-hybridized carbons (Fsp3) is 0.483. The first-order chi connectivity index (χ1) is 21.2. The van der Waals surface area contributed by atoms with Crippen molar-refractivity contribution in [3.63, 3.8) is 0 Å². The minimum atomic E-state index is -5.33. The molecule has 1 aliphatic rings. The number of carbonyl (C=O) groups excluding carboxylic acids is 2. The van der Waals surface area contributed by atoms with Crippen LogP contribution in [0.1, 0.15) is 80.4 Å². The number of benzene rings is 1. The third-order valence-corrected chi connectivity index (χ3v) is 6.78. The lowest BCUT2D eigenvalue weighted by Gasteiger charge is -2.33. The Bertz CT molecular complexity index is 1570. The summed E-state index contributed by atoms with van der Waals surface area (Å²) in [5.74, 6) is -7.38. The molecule has 1 atom stereocenters. The van der Waals surface area contributed by atoms with Gasteiger partial charge in [-0.05, 0) is 45.2 Å². The number of halogens is 8. The first-order valence-electron chi connectivity index (χ1n) is 13.8. The van der Waals surface area contributed by atoms with Crippen molar-refractivity contribution >= 4 is 17.6 Å². The quantitative estimate of drug-likeness (QED) is 0.277. The van der Waals surface area contributed by atoms with Crippen molar-refractivity contribution in [2.75, 3.05) is 5.32 Å². The molecule has 9 nitrogen and oxygen atoms in total. The van der Waals surface area contributed by atoms with Gasteiger partial charge in [0.15, 0.2) is 11.5 Å². The second kappa shape index (κ2) is 12.6. The molecule has 0 radical (unpaired) electrons. The average Bonchev–Trinajstić information content (AvgIpc) is 3.41. The van der Waals surface area contributed by atoms with E-state index in [4.69, 9.17) is 13.9 Å². The SMILES string of the molecule is CC(C)(C)OC(=O)Nc1cc(C(F)(F)F)c2nc1-c1nnc(o1)C(OCc1ccccc1)(C(F)(F)F)CCCC(F)(F)CCC2=O. The highest BCUT2D eigenvalue weighted by Crippen LogP contribution is 2.48. The number of nitrogens with one attached hydrogen (secondary N) is 1. The molecule has 250 valence electrons. The summed E-state index contributed by atoms with van der Waals surface area (Å²) in [6, 6.07) is 7.85. The van der Waals surface area contributed by atoms with Gasteiger partial charge in [0.25, 0.3) is 11.8 Å². The van der Waals surface area contributed by atoms with Gasteiger partial charge >= 0.3 is 18.4 Å². The Labute approximate surface area is 256 Å². The maximum absolute atomic E-state index is 14.9. The molecular formula is C29H28F8N4O5. The van der Waals surface area contributed by atoms with Crippen LogP contribution >= 0.6 is 0 Å². The molecule has 1 unspecified atom stereocenters. The average molecular weight is 665 g/mol. The number of ketones is 1. The molecule has 4 bridgehead atoms. The Morgan fingerprint density at radius 2 is 1.65 bits per heavy atom. The number of rotatable bonds is 4. The van der Waals surface area contributed by atoms with Crippen molar-refractivity contribution < 1.29 is 58.6 Å². The van der Waals surface area contributed by atoms with E-state index in [2.05, 4.69) is 15.2 Å². The van der Waals surface area contributed by atoms with Crippen molar-refractivity contribution in [3.8, 4) is 11.6 Å². The van der Waals surface area contributed by atoms with Gasteiger partial charge in [-0.3, -0.25) is 10.1 Å². The van der Waals surface area contributed by atoms with E-state index in [0.29, 0.717) is 0 Å². The number of Topliss-reactive ketones (excluding diaryl/α,β-unsaturated/α-hetero) is 1. The highest BCUT2D eigenvalue weighted by molar-refractivity contribution is 5.98. The number of pyridine rings is 1. The molecule has 3 heterocycles. The minimum absolute atomic E-state index is 0.260. The summed E-state index contributed by atoms with van der Waals surface area (Å²) in [6.45, 7) is 3.68. The lowest BCUT2D eigenvalue weighted by molar-refractivity contribution is -0.300. The monoisotopic (exact) mass is 664 g/mol. The van der Waals surface area contributed by atoms with Gasteiger partial charge in [0.2, 0.25) is 11.5 Å². The molecule has 0 aliphatic carbocycles. The zero-order chi connectivity index (χ0) is 34.1. The van der Waals surface area contributed by atoms with Gasteiger partial charge in [-0.1, -0.05) is 30.3 Å². The lowest BCUT2D eigenvalue weighted by atomic mass is 9.92. The highest BCUT2D eigenvalue weighted by Gasteiger charge is 2.61. The Hall–Kier alpha value is -4.15. The van der Waals surface area contributed by atoms with E-state index in [1.165, 1.54) is 45.0 Å². The summed E-state index contributed by atoms with van der Waals surface area (Å²) in [5, 5.41) is 9.02. The number of ether oxygens (including phenoxy) is 2. The van der Waals surface area contributed by atoms with Crippen LogP contribution < -0.4 is 5.32 Å². The first kappa shape index (κ1) is 34.7. The number of aromatic nitrogens is 3. The second-order valence-corrected chi connectivity index (χ2v) is 11.5. The van der Waals surface area contributed by atoms with Crippen LogP contribution in [0.25, 0.3) is 11.6 Å². The molecule has 3 aromatic rings. The van der Waals surface area contributed by atoms with Crippen LogP contribution in [-0.4, -0.2) is 44.8 Å². The Morgan fingerprint density at radius 1 is 0.978 bits per heavy atom. The predicted molar refractivity (Wildman–Crippen MR) is 144 cm³/mol. The van der Waals surface area contributed by atoms with Crippen molar-refractivity contribution in [2.45, 2.75) is 89.0 Å². The molecule has 1 aromatic carbocycles. The maximum Gasteiger partial charge on any atom is 0.426 e. The van der Waals surface area contributed by atoms with Crippen LogP contribution in [0.5, 0.6) is 0 Å². The van der Waals surface area contributed by atoms with Crippen molar-refractivity contribution in [1.82, 2.24) is 15.2 Å². The fourth-order valence-electron chi connectivity index (χ4n) is 4.60. The van der Waals surface area contributed by atoms with Gasteiger partial charge in [0, 0.05) is 19.3 Å². The van der Waals surface area contributed by atoms with Gasteiger partial charge < -0.3 is 13.9 Å². The van der Waals surface area contributed by atoms with Crippen LogP contribution in [0.2, 0.25) is 0 Å². The van der Waals surface area contributed by atoms with Crippen molar-refractivity contribution in [2.24, 2.45) is 0 Å². The summed E-state index contributed by atoms with van der Waals surface area (Å²) in [4.78, 5) is 29.1. The lowest BCUT2D eigenvalue weighted by Crippen LogP contribution is -2.45. The number of hydrogen-bond acceptors (Lipinski definition) is 8. The van der Waals surface area contributed by atoms with E-state index in [0.717, 1.165) is 0 Å². The number of amides is 1. The van der Waals surface area contributed by atoms with Crippen LogP contribution in [0, 0.1) is 0 Å². The number of hydrogen-bond donors (Lipinski definition) is 1. The maximum atomic E-state index is 14.9. The van der Waals surface area contributed by atoms with Crippen molar-refractivity contribution in [3.05, 3.63) is 59.1 Å². The molecule has 0 fully saturated rings. The zero-order valence-electron chi connectivity index (χ0n) is 24.6. The molecule has 1 aliphatic heterocycles. The molecule has 1 amide bonds. The molecule has 46 heavy (non-hydrogen) atoms. The topological polar surface area (TPSA) is 116 Å². The number of carbonyl (C=O) groups is 2. The number of alkyl halides is 8.